The number of nitrogens with two attached hydrogens (primary N) is 1. The van der Waals surface area contributed by atoms with Crippen LogP contribution in [0.15, 0.2) is 36.4 Å². The predicted molar refractivity (Wildman–Crippen MR) is 74.6 cm³/mol. The zero-order chi connectivity index (χ0) is 13.1. The third kappa shape index (κ3) is 2.83. The molecule has 0 aliphatic rings. The van der Waals surface area contributed by atoms with Crippen molar-refractivity contribution in [2.75, 3.05) is 6.54 Å². The summed E-state index contributed by atoms with van der Waals surface area (Å²) in [6, 6.07) is 9.90. The van der Waals surface area contributed by atoms with E-state index in [2.05, 4.69) is 0 Å². The molecule has 0 aliphatic heterocycles. The number of rotatable bonds is 3. The molecule has 18 heavy (non-hydrogen) atoms. The van der Waals surface area contributed by atoms with Gasteiger partial charge in [0, 0.05) is 15.6 Å². The molecule has 4 heteroatoms. The Balaban J connectivity index is 2.55. The maximum atomic E-state index is 13.3. The number of hydrogen-bond acceptors (Lipinski definition) is 1. The molecule has 0 saturated carbocycles. The fourth-order valence-corrected chi connectivity index (χ4v) is 2.41. The first-order valence-electron chi connectivity index (χ1n) is 5.55. The van der Waals surface area contributed by atoms with Crippen LogP contribution in [0, 0.1) is 5.82 Å². The Morgan fingerprint density at radius 3 is 2.39 bits per heavy atom. The van der Waals surface area contributed by atoms with Gasteiger partial charge in [0.2, 0.25) is 0 Å². The Kier molecular flexibility index (Phi) is 4.23. The van der Waals surface area contributed by atoms with Crippen molar-refractivity contribution in [1.82, 2.24) is 0 Å². The van der Waals surface area contributed by atoms with Gasteiger partial charge < -0.3 is 5.73 Å². The molecule has 2 aromatic carbocycles. The number of benzene rings is 2. The average molecular weight is 284 g/mol. The molecule has 0 spiro atoms. The molecule has 0 radical (unpaired) electrons. The first kappa shape index (κ1) is 13.3. The first-order valence-corrected chi connectivity index (χ1v) is 6.31. The molecule has 0 amide bonds. The van der Waals surface area contributed by atoms with Gasteiger partial charge in [-0.3, -0.25) is 0 Å². The molecule has 0 fully saturated rings. The Morgan fingerprint density at radius 2 is 1.72 bits per heavy atom. The smallest absolute Gasteiger partial charge is 0.123 e. The Hall–Kier alpha value is -1.09. The lowest BCUT2D eigenvalue weighted by Gasteiger charge is -2.11. The molecule has 2 aromatic rings. The van der Waals surface area contributed by atoms with Crippen molar-refractivity contribution in [2.24, 2.45) is 5.73 Å². The van der Waals surface area contributed by atoms with Crippen LogP contribution in [0.3, 0.4) is 0 Å². The SMILES string of the molecule is NCCc1cc(F)ccc1-c1ccc(Cl)cc1Cl. The van der Waals surface area contributed by atoms with Gasteiger partial charge in [-0.05, 0) is 48.4 Å². The third-order valence-electron chi connectivity index (χ3n) is 2.70. The van der Waals surface area contributed by atoms with Gasteiger partial charge in [0.25, 0.3) is 0 Å². The van der Waals surface area contributed by atoms with E-state index in [0.717, 1.165) is 16.7 Å². The minimum absolute atomic E-state index is 0.271. The van der Waals surface area contributed by atoms with Gasteiger partial charge in [-0.15, -0.1) is 0 Å². The lowest BCUT2D eigenvalue weighted by molar-refractivity contribution is 0.625. The lowest BCUT2D eigenvalue weighted by Crippen LogP contribution is -2.04. The summed E-state index contributed by atoms with van der Waals surface area (Å²) in [4.78, 5) is 0. The molecule has 0 saturated heterocycles. The molecule has 0 unspecified atom stereocenters. The molecule has 2 N–H and O–H groups in total. The van der Waals surface area contributed by atoms with Crippen LogP contribution >= 0.6 is 23.2 Å². The number of hydrogen-bond donors (Lipinski definition) is 1. The average Bonchev–Trinajstić information content (AvgIpc) is 2.31. The molecule has 0 heterocycles. The molecule has 2 rings (SSSR count). The second kappa shape index (κ2) is 5.70. The second-order valence-electron chi connectivity index (χ2n) is 3.96. The van der Waals surface area contributed by atoms with Crippen molar-refractivity contribution >= 4 is 23.2 Å². The Morgan fingerprint density at radius 1 is 1.00 bits per heavy atom. The minimum Gasteiger partial charge on any atom is -0.330 e. The standard InChI is InChI=1S/C14H12Cl2FN/c15-10-1-3-13(14(16)8-10)12-4-2-11(17)7-9(12)5-6-18/h1-4,7-8H,5-6,18H2. The van der Waals surface area contributed by atoms with Crippen molar-refractivity contribution < 1.29 is 4.39 Å². The molecule has 0 atom stereocenters. The van der Waals surface area contributed by atoms with Crippen LogP contribution in [0.1, 0.15) is 5.56 Å². The molecule has 94 valence electrons. The fourth-order valence-electron chi connectivity index (χ4n) is 1.90. The van der Waals surface area contributed by atoms with E-state index in [-0.39, 0.29) is 5.82 Å². The van der Waals surface area contributed by atoms with Crippen molar-refractivity contribution in [1.29, 1.82) is 0 Å². The van der Waals surface area contributed by atoms with Crippen LogP contribution < -0.4 is 5.73 Å². The molecular formula is C14H12Cl2FN. The first-order chi connectivity index (χ1) is 8.61. The second-order valence-corrected chi connectivity index (χ2v) is 4.81. The summed E-state index contributed by atoms with van der Waals surface area (Å²) in [5.74, 6) is -0.271. The van der Waals surface area contributed by atoms with Crippen molar-refractivity contribution in [2.45, 2.75) is 6.42 Å². The van der Waals surface area contributed by atoms with Crippen molar-refractivity contribution in [3.63, 3.8) is 0 Å². The summed E-state index contributed by atoms with van der Waals surface area (Å²) >= 11 is 12.0. The summed E-state index contributed by atoms with van der Waals surface area (Å²) in [7, 11) is 0. The summed E-state index contributed by atoms with van der Waals surface area (Å²) in [6.45, 7) is 0.460. The van der Waals surface area contributed by atoms with E-state index < -0.39 is 0 Å². The molecular weight excluding hydrogens is 272 g/mol. The monoisotopic (exact) mass is 283 g/mol. The van der Waals surface area contributed by atoms with Gasteiger partial charge in [-0.1, -0.05) is 35.3 Å². The summed E-state index contributed by atoms with van der Waals surface area (Å²) in [5.41, 5.74) is 8.12. The zero-order valence-electron chi connectivity index (χ0n) is 9.59. The maximum absolute atomic E-state index is 13.3. The van der Waals surface area contributed by atoms with Gasteiger partial charge in [-0.25, -0.2) is 4.39 Å². The maximum Gasteiger partial charge on any atom is 0.123 e. The summed E-state index contributed by atoms with van der Waals surface area (Å²) in [5, 5.41) is 1.12. The molecule has 0 aliphatic carbocycles. The topological polar surface area (TPSA) is 26.0 Å². The highest BCUT2D eigenvalue weighted by molar-refractivity contribution is 6.36. The van der Waals surface area contributed by atoms with Crippen LogP contribution in [0.4, 0.5) is 4.39 Å². The zero-order valence-corrected chi connectivity index (χ0v) is 11.1. The quantitative estimate of drug-likeness (QED) is 0.893. The fraction of sp³-hybridized carbons (Fsp3) is 0.143. The van der Waals surface area contributed by atoms with Crippen LogP contribution in [0.25, 0.3) is 11.1 Å². The van der Waals surface area contributed by atoms with Crippen LogP contribution in [-0.2, 0) is 6.42 Å². The van der Waals surface area contributed by atoms with Gasteiger partial charge in [0.1, 0.15) is 5.82 Å². The highest BCUT2D eigenvalue weighted by Crippen LogP contribution is 2.33. The highest BCUT2D eigenvalue weighted by Gasteiger charge is 2.09. The van der Waals surface area contributed by atoms with Crippen molar-refractivity contribution in [3.8, 4) is 11.1 Å². The van der Waals surface area contributed by atoms with E-state index in [4.69, 9.17) is 28.9 Å². The van der Waals surface area contributed by atoms with Gasteiger partial charge in [-0.2, -0.15) is 0 Å². The minimum atomic E-state index is -0.271. The van der Waals surface area contributed by atoms with Gasteiger partial charge >= 0.3 is 0 Å². The molecule has 1 nitrogen and oxygen atoms in total. The number of halogens is 3. The van der Waals surface area contributed by atoms with E-state index in [9.17, 15) is 4.39 Å². The predicted octanol–water partition coefficient (Wildman–Crippen LogP) is 4.30. The molecule has 0 aromatic heterocycles. The van der Waals surface area contributed by atoms with Crippen LogP contribution in [0.5, 0.6) is 0 Å². The van der Waals surface area contributed by atoms with Crippen LogP contribution in [0.2, 0.25) is 10.0 Å². The normalized spacial score (nSPS) is 10.7. The largest absolute Gasteiger partial charge is 0.330 e. The van der Waals surface area contributed by atoms with Gasteiger partial charge in [0.15, 0.2) is 0 Å². The van der Waals surface area contributed by atoms with E-state index >= 15 is 0 Å². The van der Waals surface area contributed by atoms with Crippen LogP contribution in [-0.4, -0.2) is 6.54 Å². The summed E-state index contributed by atoms with van der Waals surface area (Å²) < 4.78 is 13.3. The van der Waals surface area contributed by atoms with E-state index in [1.54, 1.807) is 18.2 Å². The molecule has 0 bridgehead atoms. The van der Waals surface area contributed by atoms with Crippen molar-refractivity contribution in [3.05, 3.63) is 57.8 Å². The van der Waals surface area contributed by atoms with E-state index in [0.29, 0.717) is 23.0 Å². The lowest BCUT2D eigenvalue weighted by atomic mass is 9.97. The highest BCUT2D eigenvalue weighted by atomic mass is 35.5. The Bertz CT molecular complexity index is 570. The van der Waals surface area contributed by atoms with Gasteiger partial charge in [0.05, 0.1) is 0 Å². The van der Waals surface area contributed by atoms with E-state index in [1.165, 1.54) is 12.1 Å². The summed E-state index contributed by atoms with van der Waals surface area (Å²) in [6.07, 6.45) is 0.603. The third-order valence-corrected chi connectivity index (χ3v) is 3.25. The Labute approximate surface area is 115 Å². The van der Waals surface area contributed by atoms with E-state index in [1.807, 2.05) is 6.07 Å².